The van der Waals surface area contributed by atoms with Gasteiger partial charge in [0.1, 0.15) is 18.0 Å². The maximum Gasteiger partial charge on any atom is 0.407 e. The fourth-order valence-electron chi connectivity index (χ4n) is 4.93. The van der Waals surface area contributed by atoms with Crippen LogP contribution in [0.4, 0.5) is 4.79 Å². The molecule has 0 aliphatic carbocycles. The number of rotatable bonds is 9. The third-order valence-corrected chi connectivity index (χ3v) is 7.17. The maximum absolute atomic E-state index is 13.3. The number of carboxylic acids is 1. The van der Waals surface area contributed by atoms with Crippen molar-refractivity contribution in [3.05, 3.63) is 101 Å². The second-order valence-electron chi connectivity index (χ2n) is 11.5. The van der Waals surface area contributed by atoms with E-state index in [9.17, 15) is 24.6 Å². The zero-order valence-corrected chi connectivity index (χ0v) is 24.2. The number of likely N-dealkylation sites (tertiary alicyclic amines) is 1. The van der Waals surface area contributed by atoms with Crippen molar-refractivity contribution < 1.29 is 34.1 Å². The number of nitrogens with zero attached hydrogens (tertiary/aromatic N) is 1. The first-order valence-electron chi connectivity index (χ1n) is 14.0. The van der Waals surface area contributed by atoms with Crippen LogP contribution in [0.3, 0.4) is 0 Å². The van der Waals surface area contributed by atoms with Gasteiger partial charge < -0.3 is 29.9 Å². The van der Waals surface area contributed by atoms with E-state index in [2.05, 4.69) is 17.4 Å². The van der Waals surface area contributed by atoms with E-state index in [0.717, 1.165) is 18.4 Å². The molecule has 9 heteroatoms. The second-order valence-corrected chi connectivity index (χ2v) is 11.5. The minimum Gasteiger partial charge on any atom is -0.490 e. The average molecular weight is 575 g/mol. The first-order valence-corrected chi connectivity index (χ1v) is 14.0. The Bertz CT molecular complexity index is 1390. The molecule has 0 bridgehead atoms. The average Bonchev–Trinajstić information content (AvgIpc) is 2.98. The van der Waals surface area contributed by atoms with Crippen LogP contribution in [0.1, 0.15) is 66.6 Å². The predicted molar refractivity (Wildman–Crippen MR) is 157 cm³/mol. The molecular weight excluding hydrogens is 536 g/mol. The summed E-state index contributed by atoms with van der Waals surface area (Å²) in [6.45, 7) is 6.50. The summed E-state index contributed by atoms with van der Waals surface area (Å²) < 4.78 is 11.0. The molecule has 0 aromatic heterocycles. The molecule has 3 aromatic rings. The van der Waals surface area contributed by atoms with Gasteiger partial charge in [-0.15, -0.1) is 0 Å². The van der Waals surface area contributed by atoms with E-state index in [1.807, 2.05) is 32.9 Å². The molecule has 3 aromatic carbocycles. The molecule has 1 atom stereocenters. The molecule has 1 aliphatic heterocycles. The highest BCUT2D eigenvalue weighted by atomic mass is 16.6. The van der Waals surface area contributed by atoms with Crippen molar-refractivity contribution in [2.75, 3.05) is 19.7 Å². The van der Waals surface area contributed by atoms with Crippen LogP contribution in [0.15, 0.2) is 78.9 Å². The number of carbonyl (C=O) groups excluding carboxylic acids is 2. The summed E-state index contributed by atoms with van der Waals surface area (Å²) in [5, 5.41) is 23.3. The quantitative estimate of drug-likeness (QED) is 0.325. The third-order valence-electron chi connectivity index (χ3n) is 7.17. The van der Waals surface area contributed by atoms with E-state index in [4.69, 9.17) is 9.47 Å². The lowest BCUT2D eigenvalue weighted by molar-refractivity contribution is -0.163. The Morgan fingerprint density at radius 1 is 0.929 bits per heavy atom. The van der Waals surface area contributed by atoms with Crippen molar-refractivity contribution in [1.82, 2.24) is 10.2 Å². The van der Waals surface area contributed by atoms with Gasteiger partial charge in [-0.2, -0.15) is 0 Å². The summed E-state index contributed by atoms with van der Waals surface area (Å²) in [5.74, 6) is -0.973. The molecule has 3 N–H and O–H groups in total. The van der Waals surface area contributed by atoms with Gasteiger partial charge in [0.25, 0.3) is 5.91 Å². The molecule has 222 valence electrons. The van der Waals surface area contributed by atoms with E-state index in [-0.39, 0.29) is 17.4 Å². The van der Waals surface area contributed by atoms with Gasteiger partial charge in [0.2, 0.25) is 5.60 Å². The number of aliphatic hydroxyl groups is 1. The minimum absolute atomic E-state index is 0.134. The molecule has 0 saturated carbocycles. The zero-order chi connectivity index (χ0) is 30.3. The molecule has 1 heterocycles. The van der Waals surface area contributed by atoms with E-state index in [0.29, 0.717) is 30.9 Å². The monoisotopic (exact) mass is 574 g/mol. The van der Waals surface area contributed by atoms with Gasteiger partial charge in [0.05, 0.1) is 0 Å². The molecule has 1 saturated heterocycles. The van der Waals surface area contributed by atoms with Crippen LogP contribution in [0.2, 0.25) is 0 Å². The lowest BCUT2D eigenvalue weighted by Crippen LogP contribution is -2.41. The van der Waals surface area contributed by atoms with Crippen LogP contribution in [0, 0.1) is 0 Å². The predicted octanol–water partition coefficient (Wildman–Crippen LogP) is 5.08. The second kappa shape index (κ2) is 13.1. The van der Waals surface area contributed by atoms with Gasteiger partial charge in [0.15, 0.2) is 0 Å². The van der Waals surface area contributed by atoms with Crippen LogP contribution >= 0.6 is 0 Å². The highest BCUT2D eigenvalue weighted by Crippen LogP contribution is 2.30. The molecule has 1 fully saturated rings. The van der Waals surface area contributed by atoms with Gasteiger partial charge in [-0.1, -0.05) is 60.7 Å². The standard InChI is InChI=1S/C33H38N2O7/c1-32(2,3)42-31(39)34-21-23-9-7-10-25(19-23)24-15-17-35(18-16-24)29(36)26-11-8-14-28(20-26)41-22-33(40,30(37)38)27-12-5-4-6-13-27/h4-14,19-20,24,40H,15-18,21-22H2,1-3H3,(H,34,39)(H,37,38). The highest BCUT2D eigenvalue weighted by molar-refractivity contribution is 5.94. The molecule has 4 rings (SSSR count). The number of hydrogen-bond acceptors (Lipinski definition) is 6. The Balaban J connectivity index is 1.33. The Labute approximate surface area is 246 Å². The molecule has 42 heavy (non-hydrogen) atoms. The van der Waals surface area contributed by atoms with Crippen LogP contribution in [-0.2, 0) is 21.7 Å². The SMILES string of the molecule is CC(C)(C)OC(=O)NCc1cccc(C2CCN(C(=O)c3cccc(OCC(O)(C(=O)O)c4ccccc4)c3)CC2)c1. The first kappa shape index (κ1) is 30.6. The normalized spacial score (nSPS) is 15.4. The van der Waals surface area contributed by atoms with Gasteiger partial charge >= 0.3 is 12.1 Å². The number of hydrogen-bond donors (Lipinski definition) is 3. The Kier molecular flexibility index (Phi) is 9.52. The highest BCUT2D eigenvalue weighted by Gasteiger charge is 2.39. The topological polar surface area (TPSA) is 125 Å². The summed E-state index contributed by atoms with van der Waals surface area (Å²) in [6, 6.07) is 22.8. The lowest BCUT2D eigenvalue weighted by Gasteiger charge is -2.32. The van der Waals surface area contributed by atoms with Gasteiger partial charge in [-0.25, -0.2) is 9.59 Å². The summed E-state index contributed by atoms with van der Waals surface area (Å²) in [5.41, 5.74) is 0.00430. The van der Waals surface area contributed by atoms with Crippen LogP contribution in [0.25, 0.3) is 0 Å². The number of nitrogens with one attached hydrogen (secondary N) is 1. The summed E-state index contributed by atoms with van der Waals surface area (Å²) in [4.78, 5) is 39.0. The molecule has 9 nitrogen and oxygen atoms in total. The molecule has 0 radical (unpaired) electrons. The van der Waals surface area contributed by atoms with E-state index >= 15 is 0 Å². The Morgan fingerprint density at radius 3 is 2.29 bits per heavy atom. The number of carbonyl (C=O) groups is 3. The Hall–Kier alpha value is -4.37. The smallest absolute Gasteiger partial charge is 0.407 e. The Morgan fingerprint density at radius 2 is 1.62 bits per heavy atom. The van der Waals surface area contributed by atoms with Crippen LogP contribution in [0.5, 0.6) is 5.75 Å². The number of benzene rings is 3. The fourth-order valence-corrected chi connectivity index (χ4v) is 4.93. The zero-order valence-electron chi connectivity index (χ0n) is 24.2. The number of carboxylic acid groups (broad SMARTS) is 1. The van der Waals surface area contributed by atoms with E-state index < -0.39 is 29.9 Å². The third kappa shape index (κ3) is 7.88. The minimum atomic E-state index is -2.23. The summed E-state index contributed by atoms with van der Waals surface area (Å²) in [6.07, 6.45) is 1.14. The largest absolute Gasteiger partial charge is 0.490 e. The summed E-state index contributed by atoms with van der Waals surface area (Å²) >= 11 is 0. The van der Waals surface area contributed by atoms with Crippen LogP contribution in [-0.4, -0.2) is 58.4 Å². The van der Waals surface area contributed by atoms with Gasteiger partial charge in [0, 0.05) is 25.2 Å². The maximum atomic E-state index is 13.3. The number of ether oxygens (including phenoxy) is 2. The first-order chi connectivity index (χ1) is 19.9. The van der Waals surface area contributed by atoms with Gasteiger partial charge in [-0.3, -0.25) is 4.79 Å². The number of aliphatic carboxylic acids is 1. The van der Waals surface area contributed by atoms with Gasteiger partial charge in [-0.05, 0) is 74.4 Å². The fraction of sp³-hybridized carbons (Fsp3) is 0.364. The van der Waals surface area contributed by atoms with Crippen LogP contribution < -0.4 is 10.1 Å². The molecule has 2 amide bonds. The van der Waals surface area contributed by atoms with Crippen molar-refractivity contribution in [3.63, 3.8) is 0 Å². The number of piperidine rings is 1. The van der Waals surface area contributed by atoms with Crippen molar-refractivity contribution in [1.29, 1.82) is 0 Å². The van der Waals surface area contributed by atoms with Crippen molar-refractivity contribution in [2.24, 2.45) is 0 Å². The van der Waals surface area contributed by atoms with E-state index in [1.165, 1.54) is 17.7 Å². The number of amides is 2. The number of alkyl carbamates (subject to hydrolysis) is 1. The molecular formula is C33H38N2O7. The molecule has 0 spiro atoms. The molecule has 1 aliphatic rings. The lowest BCUT2D eigenvalue weighted by atomic mass is 9.88. The van der Waals surface area contributed by atoms with Crippen molar-refractivity contribution in [3.8, 4) is 5.75 Å². The summed E-state index contributed by atoms with van der Waals surface area (Å²) in [7, 11) is 0. The van der Waals surface area contributed by atoms with E-state index in [1.54, 1.807) is 47.4 Å². The van der Waals surface area contributed by atoms with Crippen molar-refractivity contribution >= 4 is 18.0 Å². The van der Waals surface area contributed by atoms with Crippen molar-refractivity contribution in [2.45, 2.75) is 57.3 Å². The molecule has 1 unspecified atom stereocenters.